The van der Waals surface area contributed by atoms with Crippen molar-refractivity contribution < 1.29 is 14.3 Å². The summed E-state index contributed by atoms with van der Waals surface area (Å²) < 4.78 is 7.74. The molecule has 0 unspecified atom stereocenters. The highest BCUT2D eigenvalue weighted by Gasteiger charge is 2.29. The van der Waals surface area contributed by atoms with Gasteiger partial charge in [0.1, 0.15) is 12.3 Å². The fraction of sp³-hybridized carbons (Fsp3) is 0.385. The summed E-state index contributed by atoms with van der Waals surface area (Å²) in [6.07, 6.45) is 4.60. The van der Waals surface area contributed by atoms with Gasteiger partial charge in [0.2, 0.25) is 5.91 Å². The van der Waals surface area contributed by atoms with E-state index in [0.717, 1.165) is 42.5 Å². The Morgan fingerprint density at radius 3 is 2.70 bits per heavy atom. The van der Waals surface area contributed by atoms with Gasteiger partial charge in [0, 0.05) is 50.2 Å². The number of aromatic nitrogens is 1. The third kappa shape index (κ3) is 4.08. The summed E-state index contributed by atoms with van der Waals surface area (Å²) in [5, 5.41) is 1.41. The van der Waals surface area contributed by atoms with Crippen molar-refractivity contribution in [3.63, 3.8) is 0 Å². The van der Waals surface area contributed by atoms with Crippen LogP contribution in [0.4, 0.5) is 0 Å². The topological polar surface area (TPSA) is 54.8 Å². The van der Waals surface area contributed by atoms with Crippen LogP contribution in [0, 0.1) is 0 Å². The van der Waals surface area contributed by atoms with Gasteiger partial charge >= 0.3 is 0 Å². The van der Waals surface area contributed by atoms with Gasteiger partial charge in [-0.2, -0.15) is 0 Å². The number of carbonyl (C=O) groups excluding carboxylic acids is 2. The number of nitrogens with zero attached hydrogens (tertiary/aromatic N) is 3. The second-order valence-corrected chi connectivity index (χ2v) is 9.56. The van der Waals surface area contributed by atoms with Crippen molar-refractivity contribution in [2.45, 2.75) is 31.7 Å². The van der Waals surface area contributed by atoms with E-state index in [-0.39, 0.29) is 18.4 Å². The second kappa shape index (κ2) is 8.75. The van der Waals surface area contributed by atoms with Crippen LogP contribution in [0.15, 0.2) is 42.6 Å². The van der Waals surface area contributed by atoms with E-state index in [2.05, 4.69) is 18.2 Å². The predicted octanol–water partition coefficient (Wildman–Crippen LogP) is 4.34. The average molecular weight is 466 g/mol. The molecule has 33 heavy (non-hydrogen) atoms. The van der Waals surface area contributed by atoms with Gasteiger partial charge < -0.3 is 19.1 Å². The summed E-state index contributed by atoms with van der Waals surface area (Å²) in [6.45, 7) is 2.32. The fourth-order valence-corrected chi connectivity index (χ4v) is 5.15. The first-order valence-electron chi connectivity index (χ1n) is 11.4. The van der Waals surface area contributed by atoms with Crippen LogP contribution < -0.4 is 4.74 Å². The summed E-state index contributed by atoms with van der Waals surface area (Å²) in [6, 6.07) is 11.9. The quantitative estimate of drug-likeness (QED) is 0.576. The van der Waals surface area contributed by atoms with Crippen LogP contribution in [0.3, 0.4) is 0 Å². The molecule has 6 nitrogen and oxygen atoms in total. The lowest BCUT2D eigenvalue weighted by Gasteiger charge is -2.32. The SMILES string of the molecule is CN(C)C(=O)Cn1cc(C(=O)N2CCC(c3cccc4c3OCC4)CC2)c2ccc(Cl)cc21. The number of piperidine rings is 1. The molecule has 1 saturated heterocycles. The minimum absolute atomic E-state index is 0.00589. The summed E-state index contributed by atoms with van der Waals surface area (Å²) >= 11 is 6.23. The number of hydrogen-bond acceptors (Lipinski definition) is 3. The predicted molar refractivity (Wildman–Crippen MR) is 129 cm³/mol. The van der Waals surface area contributed by atoms with Crippen LogP contribution in [0.2, 0.25) is 5.02 Å². The molecule has 7 heteroatoms. The van der Waals surface area contributed by atoms with Gasteiger partial charge in [-0.05, 0) is 42.0 Å². The minimum Gasteiger partial charge on any atom is -0.493 e. The van der Waals surface area contributed by atoms with Gasteiger partial charge in [0.15, 0.2) is 0 Å². The van der Waals surface area contributed by atoms with Crippen LogP contribution in [-0.4, -0.2) is 60.0 Å². The maximum absolute atomic E-state index is 13.5. The molecule has 1 fully saturated rings. The van der Waals surface area contributed by atoms with E-state index in [4.69, 9.17) is 16.3 Å². The van der Waals surface area contributed by atoms with Crippen molar-refractivity contribution in [1.82, 2.24) is 14.4 Å². The summed E-state index contributed by atoms with van der Waals surface area (Å²) in [5.74, 6) is 1.43. The Balaban J connectivity index is 1.37. The van der Waals surface area contributed by atoms with Crippen LogP contribution in [0.5, 0.6) is 5.75 Å². The van der Waals surface area contributed by atoms with Crippen molar-refractivity contribution in [1.29, 1.82) is 0 Å². The van der Waals surface area contributed by atoms with E-state index in [1.807, 2.05) is 21.6 Å². The summed E-state index contributed by atoms with van der Waals surface area (Å²) in [7, 11) is 3.45. The molecule has 2 aliphatic rings. The highest BCUT2D eigenvalue weighted by atomic mass is 35.5. The lowest BCUT2D eigenvalue weighted by Crippen LogP contribution is -2.38. The van der Waals surface area contributed by atoms with Gasteiger partial charge in [0.25, 0.3) is 5.91 Å². The molecule has 0 spiro atoms. The van der Waals surface area contributed by atoms with Crippen molar-refractivity contribution in [2.24, 2.45) is 0 Å². The first kappa shape index (κ1) is 21.8. The number of fused-ring (bicyclic) bond motifs is 2. The number of rotatable bonds is 4. The Bertz CT molecular complexity index is 1220. The summed E-state index contributed by atoms with van der Waals surface area (Å²) in [4.78, 5) is 29.3. The van der Waals surface area contributed by atoms with Gasteiger partial charge in [-0.25, -0.2) is 0 Å². The molecule has 0 N–H and O–H groups in total. The zero-order valence-corrected chi connectivity index (χ0v) is 19.8. The molecular weight excluding hydrogens is 438 g/mol. The van der Waals surface area contributed by atoms with Crippen LogP contribution in [0.25, 0.3) is 10.9 Å². The average Bonchev–Trinajstić information content (AvgIpc) is 3.43. The van der Waals surface area contributed by atoms with E-state index >= 15 is 0 Å². The van der Waals surface area contributed by atoms with Gasteiger partial charge in [0.05, 0.1) is 17.7 Å². The zero-order chi connectivity index (χ0) is 23.1. The molecule has 0 bridgehead atoms. The molecule has 2 aliphatic heterocycles. The molecule has 0 saturated carbocycles. The third-order valence-corrected chi connectivity index (χ3v) is 7.08. The number of carbonyl (C=O) groups is 2. The molecule has 0 aliphatic carbocycles. The minimum atomic E-state index is -0.0377. The smallest absolute Gasteiger partial charge is 0.256 e. The Kier molecular flexibility index (Phi) is 5.79. The molecule has 3 heterocycles. The highest BCUT2D eigenvalue weighted by Crippen LogP contribution is 2.39. The molecule has 1 aromatic heterocycles. The standard InChI is InChI=1S/C26H28ClN3O3/c1-28(2)24(31)16-30-15-22(21-7-6-19(27)14-23(21)30)26(32)29-11-8-17(9-12-29)20-5-3-4-18-10-13-33-25(18)20/h3-7,14-15,17H,8-13,16H2,1-2H3. The largest absolute Gasteiger partial charge is 0.493 e. The van der Waals surface area contributed by atoms with E-state index in [1.165, 1.54) is 11.1 Å². The van der Waals surface area contributed by atoms with E-state index in [0.29, 0.717) is 29.6 Å². The lowest BCUT2D eigenvalue weighted by molar-refractivity contribution is -0.129. The summed E-state index contributed by atoms with van der Waals surface area (Å²) in [5.41, 5.74) is 4.00. The number of halogens is 1. The first-order valence-corrected chi connectivity index (χ1v) is 11.8. The Morgan fingerprint density at radius 2 is 1.94 bits per heavy atom. The Labute approximate surface area is 198 Å². The van der Waals surface area contributed by atoms with Crippen molar-refractivity contribution in [3.05, 3.63) is 64.3 Å². The van der Waals surface area contributed by atoms with Crippen LogP contribution in [-0.2, 0) is 17.8 Å². The zero-order valence-electron chi connectivity index (χ0n) is 19.0. The molecule has 3 aromatic rings. The Hall–Kier alpha value is -2.99. The molecule has 2 aromatic carbocycles. The highest BCUT2D eigenvalue weighted by molar-refractivity contribution is 6.31. The molecule has 172 valence electrons. The maximum atomic E-state index is 13.5. The normalized spacial score (nSPS) is 16.0. The monoisotopic (exact) mass is 465 g/mol. The lowest BCUT2D eigenvalue weighted by atomic mass is 9.87. The van der Waals surface area contributed by atoms with E-state index < -0.39 is 0 Å². The van der Waals surface area contributed by atoms with Crippen LogP contribution in [0.1, 0.15) is 40.2 Å². The number of para-hydroxylation sites is 1. The number of likely N-dealkylation sites (N-methyl/N-ethyl adjacent to an activating group) is 1. The number of amides is 2. The van der Waals surface area contributed by atoms with Crippen molar-refractivity contribution in [3.8, 4) is 5.75 Å². The second-order valence-electron chi connectivity index (χ2n) is 9.12. The van der Waals surface area contributed by atoms with E-state index in [9.17, 15) is 9.59 Å². The third-order valence-electron chi connectivity index (χ3n) is 6.85. The molecule has 5 rings (SSSR count). The van der Waals surface area contributed by atoms with Gasteiger partial charge in [-0.3, -0.25) is 9.59 Å². The van der Waals surface area contributed by atoms with Crippen LogP contribution >= 0.6 is 11.6 Å². The van der Waals surface area contributed by atoms with E-state index in [1.54, 1.807) is 31.3 Å². The number of ether oxygens (including phenoxy) is 1. The molecule has 2 amide bonds. The number of hydrogen-bond donors (Lipinski definition) is 0. The molecule has 0 atom stereocenters. The maximum Gasteiger partial charge on any atom is 0.256 e. The van der Waals surface area contributed by atoms with Gasteiger partial charge in [-0.1, -0.05) is 35.9 Å². The van der Waals surface area contributed by atoms with Crippen molar-refractivity contribution in [2.75, 3.05) is 33.8 Å². The van der Waals surface area contributed by atoms with Gasteiger partial charge in [-0.15, -0.1) is 0 Å². The number of benzene rings is 2. The van der Waals surface area contributed by atoms with Crippen molar-refractivity contribution >= 4 is 34.3 Å². The first-order chi connectivity index (χ1) is 15.9. The fourth-order valence-electron chi connectivity index (χ4n) is 4.98. The molecule has 0 radical (unpaired) electrons. The Morgan fingerprint density at radius 1 is 1.15 bits per heavy atom. The number of likely N-dealkylation sites (tertiary alicyclic amines) is 1. The molecular formula is C26H28ClN3O3.